The second-order valence-corrected chi connectivity index (χ2v) is 8.15. The number of aliphatic carboxylic acids is 1. The lowest BCUT2D eigenvalue weighted by molar-refractivity contribution is -0.139. The largest absolute Gasteiger partial charge is 0.481 e. The van der Waals surface area contributed by atoms with Gasteiger partial charge in [-0.2, -0.15) is 13.2 Å². The van der Waals surface area contributed by atoms with Gasteiger partial charge in [-0.15, -0.1) is 0 Å². The van der Waals surface area contributed by atoms with E-state index in [9.17, 15) is 27.5 Å². The van der Waals surface area contributed by atoms with Crippen LogP contribution in [0.5, 0.6) is 5.88 Å². The van der Waals surface area contributed by atoms with Crippen LogP contribution in [0.15, 0.2) is 54.7 Å². The molecule has 1 heterocycles. The summed E-state index contributed by atoms with van der Waals surface area (Å²) in [4.78, 5) is 15.4. The third-order valence-corrected chi connectivity index (χ3v) is 6.21. The molecule has 2 aliphatic carbocycles. The molecule has 0 bridgehead atoms. The van der Waals surface area contributed by atoms with Crippen molar-refractivity contribution in [3.8, 4) is 17.0 Å². The number of rotatable bonds is 5. The lowest BCUT2D eigenvalue weighted by Crippen LogP contribution is -2.06. The minimum atomic E-state index is -4.47. The van der Waals surface area contributed by atoms with Crippen LogP contribution >= 0.6 is 0 Å². The fraction of sp³-hybridized carbons (Fsp3) is 0.250. The number of alkyl halides is 3. The van der Waals surface area contributed by atoms with E-state index >= 15 is 0 Å². The number of carbonyl (C=O) groups is 1. The Balaban J connectivity index is 1.33. The first kappa shape index (κ1) is 20.5. The molecule has 8 heteroatoms. The highest BCUT2D eigenvalue weighted by Gasteiger charge is 2.59. The number of halogens is 4. The number of carboxylic acid groups (broad SMARTS) is 1. The summed E-state index contributed by atoms with van der Waals surface area (Å²) in [7, 11) is 0. The Labute approximate surface area is 180 Å². The van der Waals surface area contributed by atoms with Gasteiger partial charge in [-0.05, 0) is 58.9 Å². The Morgan fingerprint density at radius 2 is 1.91 bits per heavy atom. The lowest BCUT2D eigenvalue weighted by atomic mass is 10.0. The predicted molar refractivity (Wildman–Crippen MR) is 106 cm³/mol. The molecule has 1 aromatic heterocycles. The van der Waals surface area contributed by atoms with Gasteiger partial charge in [0.1, 0.15) is 12.4 Å². The van der Waals surface area contributed by atoms with Gasteiger partial charge in [-0.25, -0.2) is 9.37 Å². The van der Waals surface area contributed by atoms with Crippen molar-refractivity contribution in [2.75, 3.05) is 0 Å². The highest BCUT2D eigenvalue weighted by Crippen LogP contribution is 2.61. The Morgan fingerprint density at radius 1 is 1.12 bits per heavy atom. The maximum Gasteiger partial charge on any atom is 0.416 e. The van der Waals surface area contributed by atoms with Gasteiger partial charge in [0.2, 0.25) is 5.88 Å². The van der Waals surface area contributed by atoms with E-state index in [0.717, 1.165) is 23.3 Å². The molecule has 0 aliphatic heterocycles. The SMILES string of the molecule is O=C(O)C1C2Cc3cc(OCc4cc(-c5cccc(C(F)(F)F)c5)ccc4F)ncc3C21. The van der Waals surface area contributed by atoms with Crippen LogP contribution in [0.2, 0.25) is 0 Å². The van der Waals surface area contributed by atoms with Crippen LogP contribution in [0.4, 0.5) is 17.6 Å². The van der Waals surface area contributed by atoms with Crippen LogP contribution in [0, 0.1) is 17.7 Å². The van der Waals surface area contributed by atoms with Gasteiger partial charge in [0, 0.05) is 23.7 Å². The van der Waals surface area contributed by atoms with E-state index in [1.54, 1.807) is 12.3 Å². The zero-order valence-corrected chi connectivity index (χ0v) is 16.6. The van der Waals surface area contributed by atoms with Gasteiger partial charge < -0.3 is 9.84 Å². The number of fused-ring (bicyclic) bond motifs is 3. The monoisotopic (exact) mass is 443 g/mol. The molecule has 164 valence electrons. The van der Waals surface area contributed by atoms with Gasteiger partial charge >= 0.3 is 12.1 Å². The fourth-order valence-corrected chi connectivity index (χ4v) is 4.58. The maximum atomic E-state index is 14.3. The number of hydrogen-bond acceptors (Lipinski definition) is 3. The van der Waals surface area contributed by atoms with Crippen molar-refractivity contribution >= 4 is 5.97 Å². The van der Waals surface area contributed by atoms with E-state index in [0.29, 0.717) is 23.4 Å². The van der Waals surface area contributed by atoms with E-state index in [1.807, 2.05) is 0 Å². The van der Waals surface area contributed by atoms with Crippen molar-refractivity contribution in [3.63, 3.8) is 0 Å². The number of aromatic nitrogens is 1. The van der Waals surface area contributed by atoms with E-state index in [-0.39, 0.29) is 29.9 Å². The summed E-state index contributed by atoms with van der Waals surface area (Å²) in [5.41, 5.74) is 2.09. The Kier molecular flexibility index (Phi) is 4.69. The number of carboxylic acids is 1. The molecule has 3 atom stereocenters. The first-order valence-corrected chi connectivity index (χ1v) is 10.0. The predicted octanol–water partition coefficient (Wildman–Crippen LogP) is 5.46. The summed E-state index contributed by atoms with van der Waals surface area (Å²) in [6, 6.07) is 10.7. The van der Waals surface area contributed by atoms with Crippen LogP contribution < -0.4 is 4.74 Å². The summed E-state index contributed by atoms with van der Waals surface area (Å²) in [5, 5.41) is 9.20. The molecule has 0 spiro atoms. The van der Waals surface area contributed by atoms with E-state index in [4.69, 9.17) is 4.74 Å². The highest BCUT2D eigenvalue weighted by molar-refractivity contribution is 5.77. The van der Waals surface area contributed by atoms with Crippen LogP contribution in [0.1, 0.15) is 28.2 Å². The molecule has 0 saturated heterocycles. The Hall–Kier alpha value is -3.42. The molecule has 2 aromatic carbocycles. The third kappa shape index (κ3) is 3.59. The minimum absolute atomic E-state index is 0.00522. The lowest BCUT2D eigenvalue weighted by Gasteiger charge is -2.12. The van der Waals surface area contributed by atoms with Crippen LogP contribution in [-0.2, 0) is 24.0 Å². The molecule has 3 aromatic rings. The van der Waals surface area contributed by atoms with E-state index < -0.39 is 23.5 Å². The van der Waals surface area contributed by atoms with Crippen molar-refractivity contribution in [1.82, 2.24) is 4.98 Å². The molecule has 1 fully saturated rings. The number of ether oxygens (including phenoxy) is 1. The summed E-state index contributed by atoms with van der Waals surface area (Å²) >= 11 is 0. The standard InChI is InChI=1S/C24H17F4NO3/c25-19-5-4-13(12-2-1-3-16(7-12)24(26,27)28)6-15(19)11-32-20-9-14-8-17-21(18(14)10-29-20)22(17)23(30)31/h1-7,9-10,17,21-22H,8,11H2,(H,30,31). The average Bonchev–Trinajstić information content (AvgIpc) is 3.35. The molecule has 0 radical (unpaired) electrons. The fourth-order valence-electron chi connectivity index (χ4n) is 4.58. The molecule has 2 aliphatic rings. The molecule has 1 saturated carbocycles. The minimum Gasteiger partial charge on any atom is -0.481 e. The van der Waals surface area contributed by atoms with E-state index in [1.165, 1.54) is 30.3 Å². The highest BCUT2D eigenvalue weighted by atomic mass is 19.4. The number of benzene rings is 2. The number of pyridine rings is 1. The summed E-state index contributed by atoms with van der Waals surface area (Å²) in [6.45, 7) is -0.144. The van der Waals surface area contributed by atoms with Gasteiger partial charge in [-0.1, -0.05) is 18.2 Å². The summed E-state index contributed by atoms with van der Waals surface area (Å²) < 4.78 is 59.0. The van der Waals surface area contributed by atoms with Gasteiger partial charge in [0.15, 0.2) is 0 Å². The Morgan fingerprint density at radius 3 is 2.66 bits per heavy atom. The molecule has 5 rings (SSSR count). The van der Waals surface area contributed by atoms with E-state index in [2.05, 4.69) is 4.98 Å². The molecule has 32 heavy (non-hydrogen) atoms. The van der Waals surface area contributed by atoms with Crippen LogP contribution in [-0.4, -0.2) is 16.1 Å². The van der Waals surface area contributed by atoms with Crippen molar-refractivity contribution in [2.24, 2.45) is 11.8 Å². The molecule has 4 nitrogen and oxygen atoms in total. The first-order valence-electron chi connectivity index (χ1n) is 10.0. The maximum absolute atomic E-state index is 14.3. The van der Waals surface area contributed by atoms with Gasteiger partial charge in [0.05, 0.1) is 11.5 Å². The number of hydrogen-bond donors (Lipinski definition) is 1. The van der Waals surface area contributed by atoms with Crippen molar-refractivity contribution in [2.45, 2.75) is 25.1 Å². The zero-order chi connectivity index (χ0) is 22.6. The smallest absolute Gasteiger partial charge is 0.416 e. The molecule has 3 unspecified atom stereocenters. The van der Waals surface area contributed by atoms with Crippen molar-refractivity contribution in [1.29, 1.82) is 0 Å². The second-order valence-electron chi connectivity index (χ2n) is 8.15. The molecule has 1 N–H and O–H groups in total. The molecular formula is C24H17F4NO3. The normalized spacial score (nSPS) is 21.1. The van der Waals surface area contributed by atoms with Crippen molar-refractivity contribution in [3.05, 3.63) is 82.8 Å². The quantitative estimate of drug-likeness (QED) is 0.533. The summed E-state index contributed by atoms with van der Waals surface area (Å²) in [6.07, 6.45) is -2.20. The van der Waals surface area contributed by atoms with Crippen LogP contribution in [0.25, 0.3) is 11.1 Å². The molecular weight excluding hydrogens is 426 g/mol. The second kappa shape index (κ2) is 7.32. The van der Waals surface area contributed by atoms with Gasteiger partial charge in [-0.3, -0.25) is 4.79 Å². The zero-order valence-electron chi connectivity index (χ0n) is 16.6. The molecule has 0 amide bonds. The third-order valence-electron chi connectivity index (χ3n) is 6.21. The first-order chi connectivity index (χ1) is 15.2. The van der Waals surface area contributed by atoms with Crippen LogP contribution in [0.3, 0.4) is 0 Å². The average molecular weight is 443 g/mol. The summed E-state index contributed by atoms with van der Waals surface area (Å²) in [5.74, 6) is -1.27. The number of nitrogens with zero attached hydrogens (tertiary/aromatic N) is 1. The van der Waals surface area contributed by atoms with Crippen molar-refractivity contribution < 1.29 is 32.2 Å². The topological polar surface area (TPSA) is 59.4 Å². The Bertz CT molecular complexity index is 1220. The van der Waals surface area contributed by atoms with Gasteiger partial charge in [0.25, 0.3) is 0 Å².